The maximum absolute atomic E-state index is 13.7. The molecule has 0 amide bonds. The lowest BCUT2D eigenvalue weighted by molar-refractivity contribution is 0.174. The van der Waals surface area contributed by atoms with E-state index < -0.39 is 11.9 Å². The molecule has 2 aromatic carbocycles. The molecule has 0 saturated heterocycles. The average Bonchev–Trinajstić information content (AvgIpc) is 2.39. The lowest BCUT2D eigenvalue weighted by Crippen LogP contribution is -2.15. The van der Waals surface area contributed by atoms with Crippen molar-refractivity contribution in [2.24, 2.45) is 0 Å². The molecular weight excluding hydrogens is 350 g/mol. The number of hydrogen-bond acceptors (Lipinski definition) is 1. The normalized spacial score (nSPS) is 12.4. The van der Waals surface area contributed by atoms with E-state index in [-0.39, 0.29) is 23.7 Å². The molecule has 5 heteroatoms. The van der Waals surface area contributed by atoms with Gasteiger partial charge in [0.1, 0.15) is 11.6 Å². The van der Waals surface area contributed by atoms with Crippen molar-refractivity contribution >= 4 is 27.5 Å². The lowest BCUT2D eigenvalue weighted by Gasteiger charge is -2.13. The summed E-state index contributed by atoms with van der Waals surface area (Å²) in [5, 5.41) is 10.1. The van der Waals surface area contributed by atoms with Gasteiger partial charge in [-0.3, -0.25) is 0 Å². The van der Waals surface area contributed by atoms with Crippen LogP contribution in [0, 0.1) is 11.6 Å². The van der Waals surface area contributed by atoms with E-state index in [0.29, 0.717) is 15.6 Å². The molecule has 0 heterocycles. The van der Waals surface area contributed by atoms with E-state index in [9.17, 15) is 13.9 Å². The molecule has 0 radical (unpaired) electrons. The van der Waals surface area contributed by atoms with Crippen LogP contribution in [0.4, 0.5) is 8.78 Å². The molecule has 106 valence electrons. The van der Waals surface area contributed by atoms with E-state index in [0.717, 1.165) is 0 Å². The summed E-state index contributed by atoms with van der Waals surface area (Å²) in [7, 11) is 0. The first-order valence-corrected chi connectivity index (χ1v) is 7.19. The van der Waals surface area contributed by atoms with Crippen LogP contribution in [0.5, 0.6) is 0 Å². The Hall–Kier alpha value is -0.970. The molecule has 0 saturated carbocycles. The van der Waals surface area contributed by atoms with Gasteiger partial charge < -0.3 is 5.11 Å². The first-order valence-electron chi connectivity index (χ1n) is 6.02. The van der Waals surface area contributed by atoms with Crippen LogP contribution in [0.15, 0.2) is 40.9 Å². The van der Waals surface area contributed by atoms with E-state index >= 15 is 0 Å². The van der Waals surface area contributed by atoms with Gasteiger partial charge in [-0.2, -0.15) is 0 Å². The second-order valence-electron chi connectivity index (χ2n) is 4.51. The van der Waals surface area contributed by atoms with Crippen molar-refractivity contribution in [2.75, 3.05) is 0 Å². The van der Waals surface area contributed by atoms with Crippen LogP contribution in [0.2, 0.25) is 5.02 Å². The lowest BCUT2D eigenvalue weighted by atomic mass is 10.0. The molecule has 2 aromatic rings. The summed E-state index contributed by atoms with van der Waals surface area (Å²) in [5.41, 5.74) is 0.984. The van der Waals surface area contributed by atoms with E-state index in [4.69, 9.17) is 11.6 Å². The first kappa shape index (κ1) is 15.4. The van der Waals surface area contributed by atoms with Crippen molar-refractivity contribution in [3.05, 3.63) is 68.7 Å². The molecule has 0 fully saturated rings. The molecule has 0 aliphatic heterocycles. The third-order valence-electron chi connectivity index (χ3n) is 2.95. The quantitative estimate of drug-likeness (QED) is 0.848. The zero-order valence-corrected chi connectivity index (χ0v) is 12.8. The van der Waals surface area contributed by atoms with E-state index in [1.54, 1.807) is 18.2 Å². The fourth-order valence-electron chi connectivity index (χ4n) is 1.99. The summed E-state index contributed by atoms with van der Waals surface area (Å²) in [6.45, 7) is 0. The third-order valence-corrected chi connectivity index (χ3v) is 4.02. The van der Waals surface area contributed by atoms with E-state index in [2.05, 4.69) is 15.9 Å². The zero-order chi connectivity index (χ0) is 14.7. The molecule has 2 rings (SSSR count). The van der Waals surface area contributed by atoms with Gasteiger partial charge in [0.2, 0.25) is 0 Å². The number of rotatable bonds is 4. The van der Waals surface area contributed by atoms with Crippen LogP contribution >= 0.6 is 27.5 Å². The molecule has 0 aliphatic carbocycles. The highest BCUT2D eigenvalue weighted by molar-refractivity contribution is 9.10. The number of aliphatic hydroxyl groups excluding tert-OH is 1. The highest BCUT2D eigenvalue weighted by atomic mass is 79.9. The maximum atomic E-state index is 13.7. The van der Waals surface area contributed by atoms with Crippen LogP contribution < -0.4 is 0 Å². The summed E-state index contributed by atoms with van der Waals surface area (Å²) < 4.78 is 27.6. The van der Waals surface area contributed by atoms with Crippen molar-refractivity contribution in [1.82, 2.24) is 0 Å². The number of aliphatic hydroxyl groups is 1. The van der Waals surface area contributed by atoms with Crippen molar-refractivity contribution < 1.29 is 13.9 Å². The predicted molar refractivity (Wildman–Crippen MR) is 78.9 cm³/mol. The summed E-state index contributed by atoms with van der Waals surface area (Å²) in [4.78, 5) is 0. The molecule has 0 aliphatic rings. The van der Waals surface area contributed by atoms with Gasteiger partial charge in [0.05, 0.1) is 11.1 Å². The molecule has 0 aromatic heterocycles. The zero-order valence-electron chi connectivity index (χ0n) is 10.4. The van der Waals surface area contributed by atoms with Gasteiger partial charge in [-0.05, 0) is 41.8 Å². The van der Waals surface area contributed by atoms with E-state index in [1.807, 2.05) is 0 Å². The Morgan fingerprint density at radius 2 is 1.80 bits per heavy atom. The first-order chi connectivity index (χ1) is 9.47. The van der Waals surface area contributed by atoms with Gasteiger partial charge in [0.15, 0.2) is 0 Å². The Kier molecular flexibility index (Phi) is 5.13. The Morgan fingerprint density at radius 3 is 2.55 bits per heavy atom. The number of benzene rings is 2. The number of hydrogen-bond donors (Lipinski definition) is 1. The van der Waals surface area contributed by atoms with Gasteiger partial charge in [0, 0.05) is 10.9 Å². The summed E-state index contributed by atoms with van der Waals surface area (Å²) in [5.74, 6) is -0.893. The average molecular weight is 362 g/mol. The van der Waals surface area contributed by atoms with Gasteiger partial charge in [-0.1, -0.05) is 39.7 Å². The monoisotopic (exact) mass is 360 g/mol. The molecule has 1 unspecified atom stereocenters. The fourth-order valence-corrected chi connectivity index (χ4v) is 2.59. The Morgan fingerprint density at radius 1 is 1.10 bits per heavy atom. The van der Waals surface area contributed by atoms with Crippen molar-refractivity contribution in [3.63, 3.8) is 0 Å². The number of halogens is 4. The summed E-state index contributed by atoms with van der Waals surface area (Å²) >= 11 is 8.99. The van der Waals surface area contributed by atoms with Gasteiger partial charge >= 0.3 is 0 Å². The van der Waals surface area contributed by atoms with Gasteiger partial charge in [-0.15, -0.1) is 0 Å². The molecular formula is C15H12BrClF2O. The van der Waals surface area contributed by atoms with E-state index in [1.165, 1.54) is 18.2 Å². The minimum absolute atomic E-state index is 0.0293. The Labute approximate surface area is 129 Å². The van der Waals surface area contributed by atoms with Crippen molar-refractivity contribution in [2.45, 2.75) is 18.9 Å². The van der Waals surface area contributed by atoms with Crippen LogP contribution in [-0.4, -0.2) is 11.2 Å². The Bertz CT molecular complexity index is 615. The molecule has 20 heavy (non-hydrogen) atoms. The van der Waals surface area contributed by atoms with Gasteiger partial charge in [-0.25, -0.2) is 8.78 Å². The van der Waals surface area contributed by atoms with Crippen LogP contribution in [0.1, 0.15) is 11.1 Å². The predicted octanol–water partition coefficient (Wildman–Crippen LogP) is 4.53. The molecule has 0 spiro atoms. The highest BCUT2D eigenvalue weighted by Crippen LogP contribution is 2.22. The third kappa shape index (κ3) is 3.78. The Balaban J connectivity index is 2.11. The smallest absolute Gasteiger partial charge is 0.145 e. The van der Waals surface area contributed by atoms with Crippen LogP contribution in [-0.2, 0) is 12.8 Å². The molecule has 1 nitrogen and oxygen atoms in total. The molecule has 0 bridgehead atoms. The molecule has 1 N–H and O–H groups in total. The van der Waals surface area contributed by atoms with Crippen molar-refractivity contribution in [1.29, 1.82) is 0 Å². The topological polar surface area (TPSA) is 20.2 Å². The van der Waals surface area contributed by atoms with Gasteiger partial charge in [0.25, 0.3) is 0 Å². The second-order valence-corrected chi connectivity index (χ2v) is 5.77. The summed E-state index contributed by atoms with van der Waals surface area (Å²) in [6, 6.07) is 8.92. The molecule has 1 atom stereocenters. The van der Waals surface area contributed by atoms with Crippen molar-refractivity contribution in [3.8, 4) is 0 Å². The van der Waals surface area contributed by atoms with Crippen LogP contribution in [0.25, 0.3) is 0 Å². The SMILES string of the molecule is OC(Cc1cc(F)ccc1Br)Cc1cccc(Cl)c1F. The standard InChI is InChI=1S/C15H12BrClF2O/c16-13-5-4-11(18)6-10(13)8-12(20)7-9-2-1-3-14(17)15(9)19/h1-6,12,20H,7-8H2. The fraction of sp³-hybridized carbons (Fsp3) is 0.200. The second kappa shape index (κ2) is 6.66. The minimum atomic E-state index is -0.818. The largest absolute Gasteiger partial charge is 0.392 e. The minimum Gasteiger partial charge on any atom is -0.392 e. The summed E-state index contributed by atoms with van der Waals surface area (Å²) in [6.07, 6.45) is -0.472. The highest BCUT2D eigenvalue weighted by Gasteiger charge is 2.14. The van der Waals surface area contributed by atoms with Crippen LogP contribution in [0.3, 0.4) is 0 Å². The maximum Gasteiger partial charge on any atom is 0.145 e.